The molecule has 1 aliphatic rings. The molecule has 1 fully saturated rings. The van der Waals surface area contributed by atoms with Crippen molar-refractivity contribution >= 4 is 0 Å². The van der Waals surface area contributed by atoms with Crippen molar-refractivity contribution in [1.82, 2.24) is 15.5 Å². The third-order valence-corrected chi connectivity index (χ3v) is 4.19. The number of nitrogens with zero attached hydrogens (tertiary/aromatic N) is 1. The molecule has 0 unspecified atom stereocenters. The molecule has 1 aromatic heterocycles. The number of nitrogens with one attached hydrogen (secondary N) is 2. The fourth-order valence-electron chi connectivity index (χ4n) is 3.02. The Morgan fingerprint density at radius 1 is 1.11 bits per heavy atom. The van der Waals surface area contributed by atoms with E-state index in [0.29, 0.717) is 5.92 Å². The summed E-state index contributed by atoms with van der Waals surface area (Å²) in [5, 5.41) is 11.3. The van der Waals surface area contributed by atoms with Crippen LogP contribution in [0.15, 0.2) is 24.3 Å². The summed E-state index contributed by atoms with van der Waals surface area (Å²) in [6.45, 7) is 6.57. The van der Waals surface area contributed by atoms with E-state index < -0.39 is 0 Å². The molecule has 0 spiro atoms. The second kappa shape index (κ2) is 5.17. The van der Waals surface area contributed by atoms with Crippen molar-refractivity contribution in [3.63, 3.8) is 0 Å². The Kier molecular flexibility index (Phi) is 3.38. The Balaban J connectivity index is 1.97. The van der Waals surface area contributed by atoms with Gasteiger partial charge in [0, 0.05) is 17.2 Å². The van der Waals surface area contributed by atoms with E-state index in [0.717, 1.165) is 18.8 Å². The van der Waals surface area contributed by atoms with E-state index in [2.05, 4.69) is 53.6 Å². The lowest BCUT2D eigenvalue weighted by atomic mass is 9.91. The van der Waals surface area contributed by atoms with Gasteiger partial charge in [-0.15, -0.1) is 0 Å². The molecule has 2 heterocycles. The van der Waals surface area contributed by atoms with Gasteiger partial charge in [-0.2, -0.15) is 5.10 Å². The van der Waals surface area contributed by atoms with E-state index in [1.807, 2.05) is 0 Å². The molecule has 1 aromatic carbocycles. The second-order valence-corrected chi connectivity index (χ2v) is 5.45. The van der Waals surface area contributed by atoms with Crippen molar-refractivity contribution in [3.05, 3.63) is 41.1 Å². The van der Waals surface area contributed by atoms with Crippen molar-refractivity contribution in [1.29, 1.82) is 0 Å². The van der Waals surface area contributed by atoms with Crippen LogP contribution in [0.25, 0.3) is 11.3 Å². The molecule has 1 saturated heterocycles. The molecule has 3 heteroatoms. The quantitative estimate of drug-likeness (QED) is 0.865. The van der Waals surface area contributed by atoms with E-state index in [1.54, 1.807) is 0 Å². The average Bonchev–Trinajstić information content (AvgIpc) is 2.82. The van der Waals surface area contributed by atoms with Gasteiger partial charge in [-0.25, -0.2) is 0 Å². The predicted molar refractivity (Wildman–Crippen MR) is 78.3 cm³/mol. The molecule has 1 aliphatic heterocycles. The number of H-pyrrole nitrogens is 1. The topological polar surface area (TPSA) is 40.7 Å². The third kappa shape index (κ3) is 2.30. The second-order valence-electron chi connectivity index (χ2n) is 5.45. The van der Waals surface area contributed by atoms with Gasteiger partial charge in [-0.3, -0.25) is 5.10 Å². The van der Waals surface area contributed by atoms with Gasteiger partial charge < -0.3 is 5.32 Å². The van der Waals surface area contributed by atoms with Crippen molar-refractivity contribution < 1.29 is 0 Å². The first-order valence-electron chi connectivity index (χ1n) is 7.09. The molecule has 3 rings (SSSR count). The van der Waals surface area contributed by atoms with E-state index in [9.17, 15) is 0 Å². The minimum Gasteiger partial charge on any atom is -0.317 e. The molecule has 2 aromatic rings. The first-order valence-corrected chi connectivity index (χ1v) is 7.09. The monoisotopic (exact) mass is 255 g/mol. The van der Waals surface area contributed by atoms with Crippen molar-refractivity contribution in [2.75, 3.05) is 13.1 Å². The first-order chi connectivity index (χ1) is 9.27. The number of aromatic amines is 1. The van der Waals surface area contributed by atoms with Gasteiger partial charge in [0.05, 0.1) is 5.69 Å². The maximum atomic E-state index is 4.58. The van der Waals surface area contributed by atoms with E-state index in [1.165, 1.54) is 35.2 Å². The maximum Gasteiger partial charge on any atom is 0.0955 e. The van der Waals surface area contributed by atoms with E-state index in [-0.39, 0.29) is 0 Å². The summed E-state index contributed by atoms with van der Waals surface area (Å²) in [5.41, 5.74) is 6.30. The normalized spacial score (nSPS) is 16.7. The summed E-state index contributed by atoms with van der Waals surface area (Å²) in [4.78, 5) is 0. The molecule has 19 heavy (non-hydrogen) atoms. The summed E-state index contributed by atoms with van der Waals surface area (Å²) in [6, 6.07) is 8.47. The molecule has 3 nitrogen and oxygen atoms in total. The maximum absolute atomic E-state index is 4.58. The molecule has 100 valence electrons. The molecule has 2 N–H and O–H groups in total. The number of aryl methyl sites for hydroxylation is 1. The highest BCUT2D eigenvalue weighted by atomic mass is 15.1. The lowest BCUT2D eigenvalue weighted by Crippen LogP contribution is -2.27. The summed E-state index contributed by atoms with van der Waals surface area (Å²) >= 11 is 0. The number of hydrogen-bond donors (Lipinski definition) is 2. The average molecular weight is 255 g/mol. The van der Waals surface area contributed by atoms with Crippen LogP contribution >= 0.6 is 0 Å². The van der Waals surface area contributed by atoms with Crippen LogP contribution in [0.4, 0.5) is 0 Å². The largest absolute Gasteiger partial charge is 0.317 e. The molecular formula is C16H21N3. The molecular weight excluding hydrogens is 234 g/mol. The molecule has 0 radical (unpaired) electrons. The van der Waals surface area contributed by atoms with Gasteiger partial charge in [-0.1, -0.05) is 24.3 Å². The number of hydrogen-bond acceptors (Lipinski definition) is 2. The van der Waals surface area contributed by atoms with E-state index >= 15 is 0 Å². The van der Waals surface area contributed by atoms with Gasteiger partial charge in [0.1, 0.15) is 0 Å². The molecule has 0 atom stereocenters. The Morgan fingerprint density at radius 2 is 1.84 bits per heavy atom. The summed E-state index contributed by atoms with van der Waals surface area (Å²) in [5.74, 6) is 0.631. The highest BCUT2D eigenvalue weighted by Gasteiger charge is 2.21. The Morgan fingerprint density at radius 3 is 2.58 bits per heavy atom. The predicted octanol–water partition coefficient (Wildman–Crippen LogP) is 3.16. The van der Waals surface area contributed by atoms with Crippen LogP contribution in [0, 0.1) is 13.8 Å². The minimum absolute atomic E-state index is 0.631. The Bertz CT molecular complexity index is 565. The van der Waals surface area contributed by atoms with Gasteiger partial charge in [0.25, 0.3) is 0 Å². The number of rotatable bonds is 2. The summed E-state index contributed by atoms with van der Waals surface area (Å²) in [7, 11) is 0. The van der Waals surface area contributed by atoms with Gasteiger partial charge >= 0.3 is 0 Å². The molecule has 0 bridgehead atoms. The van der Waals surface area contributed by atoms with Crippen LogP contribution in [-0.4, -0.2) is 23.3 Å². The molecule has 0 saturated carbocycles. The summed E-state index contributed by atoms with van der Waals surface area (Å²) < 4.78 is 0. The zero-order chi connectivity index (χ0) is 13.2. The lowest BCUT2D eigenvalue weighted by Gasteiger charge is -2.22. The fourth-order valence-corrected chi connectivity index (χ4v) is 3.02. The zero-order valence-corrected chi connectivity index (χ0v) is 11.7. The van der Waals surface area contributed by atoms with Gasteiger partial charge in [-0.05, 0) is 50.9 Å². The van der Waals surface area contributed by atoms with Crippen LogP contribution < -0.4 is 5.32 Å². The standard InChI is InChI=1S/C16H21N3/c1-11-5-3-4-6-14(11)16-12(2)15(18-19-16)13-7-9-17-10-8-13/h3-6,13,17H,7-10H2,1-2H3,(H,18,19). The smallest absolute Gasteiger partial charge is 0.0955 e. The van der Waals surface area contributed by atoms with Gasteiger partial charge in [0.15, 0.2) is 0 Å². The number of benzene rings is 1. The van der Waals surface area contributed by atoms with Crippen LogP contribution in [0.3, 0.4) is 0 Å². The molecule has 0 amide bonds. The highest BCUT2D eigenvalue weighted by Crippen LogP contribution is 2.32. The van der Waals surface area contributed by atoms with Crippen molar-refractivity contribution in [3.8, 4) is 11.3 Å². The Hall–Kier alpha value is -1.61. The Labute approximate surface area is 114 Å². The number of piperidine rings is 1. The van der Waals surface area contributed by atoms with Crippen molar-refractivity contribution in [2.24, 2.45) is 0 Å². The minimum atomic E-state index is 0.631. The van der Waals surface area contributed by atoms with Crippen LogP contribution in [0.5, 0.6) is 0 Å². The van der Waals surface area contributed by atoms with Gasteiger partial charge in [0.2, 0.25) is 0 Å². The first kappa shape index (κ1) is 12.4. The fraction of sp³-hybridized carbons (Fsp3) is 0.438. The highest BCUT2D eigenvalue weighted by molar-refractivity contribution is 5.67. The third-order valence-electron chi connectivity index (χ3n) is 4.19. The van der Waals surface area contributed by atoms with Crippen LogP contribution in [0.1, 0.15) is 35.6 Å². The summed E-state index contributed by atoms with van der Waals surface area (Å²) in [6.07, 6.45) is 2.41. The van der Waals surface area contributed by atoms with E-state index in [4.69, 9.17) is 0 Å². The van der Waals surface area contributed by atoms with Crippen molar-refractivity contribution in [2.45, 2.75) is 32.6 Å². The molecule has 0 aliphatic carbocycles. The number of aromatic nitrogens is 2. The zero-order valence-electron chi connectivity index (χ0n) is 11.7. The van der Waals surface area contributed by atoms with Crippen LogP contribution in [-0.2, 0) is 0 Å². The van der Waals surface area contributed by atoms with Crippen LogP contribution in [0.2, 0.25) is 0 Å². The SMILES string of the molecule is Cc1ccccc1-c1n[nH]c(C2CCNCC2)c1C. The lowest BCUT2D eigenvalue weighted by molar-refractivity contribution is 0.451.